The number of aliphatic hydroxyl groups is 1. The van der Waals surface area contributed by atoms with E-state index in [2.05, 4.69) is 20.3 Å². The number of hydrogen-bond acceptors (Lipinski definition) is 9. The lowest BCUT2D eigenvalue weighted by molar-refractivity contribution is 0.0437. The lowest BCUT2D eigenvalue weighted by atomic mass is 10.1. The van der Waals surface area contributed by atoms with Crippen LogP contribution in [0.5, 0.6) is 0 Å². The minimum atomic E-state index is -4.27. The number of aliphatic imine (C=N–C) groups is 3. The molecule has 1 aromatic carbocycles. The van der Waals surface area contributed by atoms with Crippen LogP contribution in [-0.4, -0.2) is 56.0 Å². The number of rotatable bonds is 3. The molecular weight excluding hydrogens is 398 g/mol. The number of fused-ring (bicyclic) bond motifs is 2. The molecule has 0 aliphatic carbocycles. The smallest absolute Gasteiger partial charge is 0.291 e. The van der Waals surface area contributed by atoms with Gasteiger partial charge in [0.15, 0.2) is 6.17 Å². The first-order valence-corrected chi connectivity index (χ1v) is 9.43. The van der Waals surface area contributed by atoms with Crippen molar-refractivity contribution in [1.29, 1.82) is 0 Å². The number of ether oxygens (including phenoxy) is 1. The van der Waals surface area contributed by atoms with Crippen LogP contribution in [0.4, 0.5) is 8.78 Å². The summed E-state index contributed by atoms with van der Waals surface area (Å²) in [6, 6.07) is 1.45. The second-order valence-electron chi connectivity index (χ2n) is 6.08. The molecular formula is C15H14F2N6O4S. The Hall–Kier alpha value is -2.90. The fraction of sp³-hybridized carbons (Fsp3) is 0.267. The molecule has 148 valence electrons. The van der Waals surface area contributed by atoms with Gasteiger partial charge in [-0.3, -0.25) is 4.99 Å². The molecule has 13 heteroatoms. The van der Waals surface area contributed by atoms with Crippen LogP contribution in [0, 0.1) is 11.6 Å². The average Bonchev–Trinajstić information content (AvgIpc) is 3.17. The van der Waals surface area contributed by atoms with Crippen molar-refractivity contribution in [2.24, 2.45) is 20.1 Å². The van der Waals surface area contributed by atoms with E-state index in [9.17, 15) is 22.3 Å². The number of nitrogens with one attached hydrogen (secondary N) is 1. The van der Waals surface area contributed by atoms with Crippen LogP contribution in [0.25, 0.3) is 0 Å². The molecule has 0 radical (unpaired) electrons. The molecule has 0 spiro atoms. The van der Waals surface area contributed by atoms with Gasteiger partial charge in [-0.2, -0.15) is 0 Å². The first kappa shape index (κ1) is 18.5. The fourth-order valence-corrected chi connectivity index (χ4v) is 3.59. The van der Waals surface area contributed by atoms with Crippen molar-refractivity contribution in [2.45, 2.75) is 24.0 Å². The molecule has 28 heavy (non-hydrogen) atoms. The Morgan fingerprint density at radius 2 is 2.00 bits per heavy atom. The predicted octanol–water partition coefficient (Wildman–Crippen LogP) is -0.628. The Morgan fingerprint density at radius 1 is 1.32 bits per heavy atom. The molecule has 1 aromatic rings. The Labute approximate surface area is 157 Å². The van der Waals surface area contributed by atoms with Crippen LogP contribution >= 0.6 is 0 Å². The fourth-order valence-electron chi connectivity index (χ4n) is 3.05. The zero-order valence-electron chi connectivity index (χ0n) is 14.3. The minimum absolute atomic E-state index is 0.196. The van der Waals surface area contributed by atoms with E-state index in [0.717, 1.165) is 0 Å². The van der Waals surface area contributed by atoms with Crippen molar-refractivity contribution >= 4 is 28.0 Å². The summed E-state index contributed by atoms with van der Waals surface area (Å²) in [4.78, 5) is 12.9. The Bertz CT molecular complexity index is 1070. The van der Waals surface area contributed by atoms with Gasteiger partial charge < -0.3 is 20.1 Å². The van der Waals surface area contributed by atoms with Gasteiger partial charge >= 0.3 is 0 Å². The summed E-state index contributed by atoms with van der Waals surface area (Å²) in [5, 5.41) is 18.1. The van der Waals surface area contributed by atoms with Crippen LogP contribution < -0.4 is 10.5 Å². The van der Waals surface area contributed by atoms with Gasteiger partial charge in [-0.25, -0.2) is 32.3 Å². The van der Waals surface area contributed by atoms with Gasteiger partial charge in [0.2, 0.25) is 16.4 Å². The van der Waals surface area contributed by atoms with Crippen molar-refractivity contribution in [3.63, 3.8) is 0 Å². The Balaban J connectivity index is 1.72. The number of primary sulfonamides is 1. The number of benzene rings is 1. The minimum Gasteiger partial charge on any atom is -0.468 e. The number of sulfonamides is 1. The van der Waals surface area contributed by atoms with Gasteiger partial charge in [-0.05, 0) is 12.1 Å². The molecule has 3 aliphatic rings. The zero-order valence-corrected chi connectivity index (χ0v) is 15.1. The van der Waals surface area contributed by atoms with Crippen LogP contribution in [-0.2, 0) is 21.3 Å². The maximum absolute atomic E-state index is 14.4. The van der Waals surface area contributed by atoms with Crippen molar-refractivity contribution in [3.8, 4) is 0 Å². The Kier molecular flexibility index (Phi) is 4.17. The molecule has 2 atom stereocenters. The summed E-state index contributed by atoms with van der Waals surface area (Å²) < 4.78 is 56.6. The average molecular weight is 412 g/mol. The summed E-state index contributed by atoms with van der Waals surface area (Å²) in [5.41, 5.74) is 0.649. The number of nitrogens with two attached hydrogens (primary N) is 1. The van der Waals surface area contributed by atoms with Crippen LogP contribution in [0.3, 0.4) is 0 Å². The van der Waals surface area contributed by atoms with Gasteiger partial charge in [-0.15, -0.1) is 0 Å². The molecule has 0 amide bonds. The first-order chi connectivity index (χ1) is 13.2. The van der Waals surface area contributed by atoms with Gasteiger partial charge in [0.25, 0.3) is 6.02 Å². The number of aliphatic hydroxyl groups excluding tert-OH is 1. The van der Waals surface area contributed by atoms with E-state index in [0.29, 0.717) is 29.2 Å². The van der Waals surface area contributed by atoms with E-state index >= 15 is 0 Å². The highest BCUT2D eigenvalue weighted by atomic mass is 32.2. The maximum Gasteiger partial charge on any atom is 0.291 e. The number of halogens is 2. The summed E-state index contributed by atoms with van der Waals surface area (Å²) >= 11 is 0. The number of hydrogen-bond donors (Lipinski definition) is 3. The largest absolute Gasteiger partial charge is 0.468 e. The molecule has 3 heterocycles. The van der Waals surface area contributed by atoms with Crippen LogP contribution in [0.2, 0.25) is 0 Å². The lowest BCUT2D eigenvalue weighted by Crippen LogP contribution is -2.36. The standard InChI is InChI=1S/C15H14F2N6O4S/c1-27-14-21-11-12-10(4-19-13(11)22-14)20-15(24)23(12)5-7-8(16)2-6(3-9(7)17)28(18,25)26/h2-4,13,15,24H,5H2,1H3,(H,21,22)(H2,18,25,26). The highest BCUT2D eigenvalue weighted by Crippen LogP contribution is 2.32. The monoisotopic (exact) mass is 412 g/mol. The molecule has 0 fully saturated rings. The van der Waals surface area contributed by atoms with Crippen LogP contribution in [0.15, 0.2) is 43.4 Å². The summed E-state index contributed by atoms with van der Waals surface area (Å²) in [5.74, 6) is -2.24. The number of allylic oxidation sites excluding steroid dienone is 1. The van der Waals surface area contributed by atoms with Gasteiger partial charge in [0.05, 0.1) is 36.2 Å². The molecule has 4 N–H and O–H groups in total. The van der Waals surface area contributed by atoms with E-state index < -0.39 is 51.2 Å². The molecule has 0 aromatic heterocycles. The molecule has 0 bridgehead atoms. The van der Waals surface area contributed by atoms with Crippen molar-refractivity contribution in [2.75, 3.05) is 7.11 Å². The van der Waals surface area contributed by atoms with Gasteiger partial charge in [0, 0.05) is 5.56 Å². The second kappa shape index (κ2) is 6.32. The third-order valence-corrected chi connectivity index (χ3v) is 5.25. The molecule has 0 saturated carbocycles. The normalized spacial score (nSPS) is 23.2. The number of nitrogens with zero attached hydrogens (tertiary/aromatic N) is 4. The molecule has 10 nitrogen and oxygen atoms in total. The summed E-state index contributed by atoms with van der Waals surface area (Å²) in [6.45, 7) is -0.430. The van der Waals surface area contributed by atoms with Crippen molar-refractivity contribution in [3.05, 3.63) is 40.7 Å². The highest BCUT2D eigenvalue weighted by molar-refractivity contribution is 7.89. The van der Waals surface area contributed by atoms with Crippen LogP contribution in [0.1, 0.15) is 5.56 Å². The third kappa shape index (κ3) is 2.93. The van der Waals surface area contributed by atoms with E-state index in [4.69, 9.17) is 9.88 Å². The Morgan fingerprint density at radius 3 is 2.61 bits per heavy atom. The van der Waals surface area contributed by atoms with E-state index in [1.807, 2.05) is 0 Å². The molecule has 2 unspecified atom stereocenters. The van der Waals surface area contributed by atoms with E-state index in [1.54, 1.807) is 0 Å². The molecule has 0 saturated heterocycles. The summed E-state index contributed by atoms with van der Waals surface area (Å²) in [7, 11) is -2.86. The second-order valence-corrected chi connectivity index (χ2v) is 7.64. The lowest BCUT2D eigenvalue weighted by Gasteiger charge is -2.27. The van der Waals surface area contributed by atoms with Crippen molar-refractivity contribution < 1.29 is 27.0 Å². The number of methoxy groups -OCH3 is 1. The van der Waals surface area contributed by atoms with E-state index in [-0.39, 0.29) is 6.02 Å². The first-order valence-electron chi connectivity index (χ1n) is 7.89. The predicted molar refractivity (Wildman–Crippen MR) is 93.6 cm³/mol. The zero-order chi connectivity index (χ0) is 20.2. The number of amidine groups is 1. The van der Waals surface area contributed by atoms with Crippen molar-refractivity contribution in [1.82, 2.24) is 10.2 Å². The SMILES string of the molecule is COC1=NC2N=CC3=NC(O)N(Cc4c(F)cc(S(N)(=O)=O)cc4F)C3=C2N1. The van der Waals surface area contributed by atoms with E-state index in [1.165, 1.54) is 18.2 Å². The third-order valence-electron chi connectivity index (χ3n) is 4.36. The quantitative estimate of drug-likeness (QED) is 0.604. The maximum atomic E-state index is 14.4. The van der Waals surface area contributed by atoms with Gasteiger partial charge in [-0.1, -0.05) is 0 Å². The molecule has 3 aliphatic heterocycles. The van der Waals surface area contributed by atoms with Gasteiger partial charge in [0.1, 0.15) is 17.3 Å². The topological polar surface area (TPSA) is 142 Å². The summed E-state index contributed by atoms with van der Waals surface area (Å²) in [6.07, 6.45) is -0.684. The highest BCUT2D eigenvalue weighted by Gasteiger charge is 2.39. The molecule has 4 rings (SSSR count). The number of dihydropyridines is 1.